The molecule has 2 aromatic carbocycles. The van der Waals surface area contributed by atoms with E-state index in [1.165, 1.54) is 0 Å². The van der Waals surface area contributed by atoms with Crippen molar-refractivity contribution in [3.05, 3.63) is 78.4 Å². The van der Waals surface area contributed by atoms with Crippen LogP contribution in [0, 0.1) is 0 Å². The normalized spacial score (nSPS) is 22.5. The van der Waals surface area contributed by atoms with Gasteiger partial charge in [-0.2, -0.15) is 0 Å². The summed E-state index contributed by atoms with van der Waals surface area (Å²) >= 11 is 0. The lowest BCUT2D eigenvalue weighted by molar-refractivity contribution is -0.0224. The quantitative estimate of drug-likeness (QED) is 0.757. The highest BCUT2D eigenvalue weighted by Gasteiger charge is 2.35. The van der Waals surface area contributed by atoms with Crippen LogP contribution < -0.4 is 0 Å². The molecular formula is C22H21NO3. The van der Waals surface area contributed by atoms with E-state index in [-0.39, 0.29) is 12.7 Å². The third kappa shape index (κ3) is 3.27. The molecule has 0 unspecified atom stereocenters. The van der Waals surface area contributed by atoms with E-state index in [0.29, 0.717) is 6.42 Å². The molecule has 0 bridgehead atoms. The number of pyridine rings is 1. The molecule has 2 N–H and O–H groups in total. The minimum absolute atomic E-state index is 0.187. The lowest BCUT2D eigenvalue weighted by atomic mass is 9.97. The third-order valence-electron chi connectivity index (χ3n) is 4.79. The zero-order valence-electron chi connectivity index (χ0n) is 14.3. The average Bonchev–Trinajstić information content (AvgIpc) is 3.09. The zero-order chi connectivity index (χ0) is 17.9. The molecule has 26 heavy (non-hydrogen) atoms. The van der Waals surface area contributed by atoms with Gasteiger partial charge in [0.15, 0.2) is 0 Å². The molecule has 1 aliphatic rings. The van der Waals surface area contributed by atoms with E-state index in [1.807, 2.05) is 72.8 Å². The van der Waals surface area contributed by atoms with E-state index in [2.05, 4.69) is 0 Å². The predicted octanol–water partition coefficient (Wildman–Crippen LogP) is 3.60. The summed E-state index contributed by atoms with van der Waals surface area (Å²) in [7, 11) is 0. The van der Waals surface area contributed by atoms with E-state index in [0.717, 1.165) is 28.1 Å². The molecule has 132 valence electrons. The number of benzene rings is 2. The Morgan fingerprint density at radius 2 is 1.54 bits per heavy atom. The number of aromatic nitrogens is 1. The molecule has 0 amide bonds. The monoisotopic (exact) mass is 347 g/mol. The van der Waals surface area contributed by atoms with Crippen molar-refractivity contribution in [1.82, 2.24) is 4.98 Å². The van der Waals surface area contributed by atoms with Crippen molar-refractivity contribution in [2.45, 2.75) is 24.7 Å². The van der Waals surface area contributed by atoms with Gasteiger partial charge < -0.3 is 14.9 Å². The summed E-state index contributed by atoms with van der Waals surface area (Å²) in [5.74, 6) is 0. The van der Waals surface area contributed by atoms with Crippen LogP contribution in [0.25, 0.3) is 22.5 Å². The smallest absolute Gasteiger partial charge is 0.107 e. The topological polar surface area (TPSA) is 62.6 Å². The number of hydrogen-bond acceptors (Lipinski definition) is 4. The second kappa shape index (κ2) is 7.38. The molecule has 2 heterocycles. The Morgan fingerprint density at radius 3 is 2.15 bits per heavy atom. The van der Waals surface area contributed by atoms with Gasteiger partial charge in [0.25, 0.3) is 0 Å². The van der Waals surface area contributed by atoms with Gasteiger partial charge in [0.2, 0.25) is 0 Å². The van der Waals surface area contributed by atoms with Gasteiger partial charge in [0.05, 0.1) is 30.2 Å². The summed E-state index contributed by atoms with van der Waals surface area (Å²) in [6, 6.07) is 24.0. The van der Waals surface area contributed by atoms with Crippen LogP contribution in [0.3, 0.4) is 0 Å². The number of hydrogen-bond donors (Lipinski definition) is 2. The van der Waals surface area contributed by atoms with Crippen LogP contribution in [0.1, 0.15) is 18.1 Å². The maximum Gasteiger partial charge on any atom is 0.107 e. The van der Waals surface area contributed by atoms with Crippen LogP contribution >= 0.6 is 0 Å². The highest BCUT2D eigenvalue weighted by molar-refractivity contribution is 5.69. The van der Waals surface area contributed by atoms with Gasteiger partial charge in [-0.25, -0.2) is 4.98 Å². The van der Waals surface area contributed by atoms with Gasteiger partial charge in [0, 0.05) is 23.1 Å². The van der Waals surface area contributed by atoms with E-state index in [4.69, 9.17) is 9.72 Å². The first-order valence-electron chi connectivity index (χ1n) is 8.82. The van der Waals surface area contributed by atoms with E-state index >= 15 is 0 Å². The van der Waals surface area contributed by atoms with E-state index < -0.39 is 12.2 Å². The molecule has 1 aliphatic heterocycles. The van der Waals surface area contributed by atoms with Crippen molar-refractivity contribution < 1.29 is 14.9 Å². The molecule has 0 radical (unpaired) electrons. The molecule has 3 atom stereocenters. The maximum absolute atomic E-state index is 10.1. The first-order valence-corrected chi connectivity index (χ1v) is 8.82. The largest absolute Gasteiger partial charge is 0.394 e. The summed E-state index contributed by atoms with van der Waals surface area (Å²) in [5.41, 5.74) is 4.74. The van der Waals surface area contributed by atoms with Crippen LogP contribution in [-0.4, -0.2) is 34.0 Å². The molecule has 4 nitrogen and oxygen atoms in total. The Bertz CT molecular complexity index is 867. The summed E-state index contributed by atoms with van der Waals surface area (Å²) < 4.78 is 5.88. The van der Waals surface area contributed by atoms with Crippen molar-refractivity contribution in [2.75, 3.05) is 6.61 Å². The van der Waals surface area contributed by atoms with Gasteiger partial charge in [0.1, 0.15) is 6.10 Å². The minimum atomic E-state index is -0.664. The second-order valence-electron chi connectivity index (χ2n) is 6.52. The van der Waals surface area contributed by atoms with E-state index in [9.17, 15) is 10.2 Å². The fourth-order valence-electron chi connectivity index (χ4n) is 3.42. The van der Waals surface area contributed by atoms with Crippen molar-refractivity contribution in [1.29, 1.82) is 0 Å². The lowest BCUT2D eigenvalue weighted by Gasteiger charge is -2.17. The first-order chi connectivity index (χ1) is 12.8. The lowest BCUT2D eigenvalue weighted by Crippen LogP contribution is -2.24. The molecule has 1 fully saturated rings. The molecule has 1 saturated heterocycles. The zero-order valence-corrected chi connectivity index (χ0v) is 14.3. The maximum atomic E-state index is 10.1. The second-order valence-corrected chi connectivity index (χ2v) is 6.52. The van der Waals surface area contributed by atoms with Crippen LogP contribution in [0.4, 0.5) is 0 Å². The molecule has 0 saturated carbocycles. The van der Waals surface area contributed by atoms with Crippen molar-refractivity contribution >= 4 is 0 Å². The fourth-order valence-corrected chi connectivity index (χ4v) is 3.42. The number of aliphatic hydroxyl groups excluding tert-OH is 2. The Morgan fingerprint density at radius 1 is 0.885 bits per heavy atom. The minimum Gasteiger partial charge on any atom is -0.394 e. The van der Waals surface area contributed by atoms with Crippen LogP contribution in [0.15, 0.2) is 72.8 Å². The van der Waals surface area contributed by atoms with Crippen molar-refractivity contribution in [3.63, 3.8) is 0 Å². The molecule has 0 spiro atoms. The predicted molar refractivity (Wildman–Crippen MR) is 100 cm³/mol. The number of ether oxygens (including phenoxy) is 1. The number of rotatable bonds is 4. The third-order valence-corrected chi connectivity index (χ3v) is 4.79. The Kier molecular flexibility index (Phi) is 4.80. The Balaban J connectivity index is 1.79. The summed E-state index contributed by atoms with van der Waals surface area (Å²) in [6.45, 7) is -0.187. The van der Waals surface area contributed by atoms with Crippen molar-refractivity contribution in [2.24, 2.45) is 0 Å². The Hall–Kier alpha value is -2.53. The SMILES string of the molecule is OC[C@H]1O[C@@H](c2ccc(-c3ccccc3)nc2-c2ccccc2)C[C@@H]1O. The molecule has 4 heteroatoms. The first kappa shape index (κ1) is 16.9. The highest BCUT2D eigenvalue weighted by atomic mass is 16.5. The van der Waals surface area contributed by atoms with Gasteiger partial charge in [-0.15, -0.1) is 0 Å². The number of aliphatic hydroxyl groups is 2. The summed E-state index contributed by atoms with van der Waals surface area (Å²) in [5, 5.41) is 19.5. The van der Waals surface area contributed by atoms with Gasteiger partial charge in [-0.1, -0.05) is 66.7 Å². The Labute approximate surface area is 152 Å². The molecule has 1 aromatic heterocycles. The van der Waals surface area contributed by atoms with Crippen LogP contribution in [0.5, 0.6) is 0 Å². The van der Waals surface area contributed by atoms with E-state index in [1.54, 1.807) is 0 Å². The van der Waals surface area contributed by atoms with Crippen LogP contribution in [-0.2, 0) is 4.74 Å². The molecular weight excluding hydrogens is 326 g/mol. The van der Waals surface area contributed by atoms with Crippen LogP contribution in [0.2, 0.25) is 0 Å². The molecule has 4 rings (SSSR count). The van der Waals surface area contributed by atoms with Gasteiger partial charge >= 0.3 is 0 Å². The van der Waals surface area contributed by atoms with Crippen molar-refractivity contribution in [3.8, 4) is 22.5 Å². The molecule has 0 aliphatic carbocycles. The van der Waals surface area contributed by atoms with Gasteiger partial charge in [-0.3, -0.25) is 0 Å². The molecule has 3 aromatic rings. The highest BCUT2D eigenvalue weighted by Crippen LogP contribution is 2.38. The fraction of sp³-hybridized carbons (Fsp3) is 0.227. The summed E-state index contributed by atoms with van der Waals surface area (Å²) in [4.78, 5) is 4.91. The summed E-state index contributed by atoms with van der Waals surface area (Å²) in [6.07, 6.45) is -1.04. The average molecular weight is 347 g/mol. The van der Waals surface area contributed by atoms with Gasteiger partial charge in [-0.05, 0) is 6.07 Å². The number of nitrogens with zero attached hydrogens (tertiary/aromatic N) is 1. The standard InChI is InChI=1S/C22H21NO3/c24-14-21-19(25)13-20(26-21)17-11-12-18(15-7-3-1-4-8-15)23-22(17)16-9-5-2-6-10-16/h1-12,19-21,24-25H,13-14H2/t19-,20+,21+/m0/s1.